The van der Waals surface area contributed by atoms with Crippen molar-refractivity contribution in [2.75, 3.05) is 12.8 Å². The van der Waals surface area contributed by atoms with Crippen LogP contribution in [0.2, 0.25) is 5.02 Å². The molecule has 0 radical (unpaired) electrons. The summed E-state index contributed by atoms with van der Waals surface area (Å²) in [5.74, 6) is 0.461. The third-order valence-electron chi connectivity index (χ3n) is 3.02. The Balaban J connectivity index is 2.00. The van der Waals surface area contributed by atoms with Gasteiger partial charge in [-0.2, -0.15) is 0 Å². The smallest absolute Gasteiger partial charge is 0.232 e. The molecular formula is C12H17ClN2O2. The number of aromatic nitrogens is 1. The van der Waals surface area contributed by atoms with Gasteiger partial charge in [0.15, 0.2) is 0 Å². The fourth-order valence-corrected chi connectivity index (χ4v) is 2.33. The third-order valence-corrected chi connectivity index (χ3v) is 3.29. The third kappa shape index (κ3) is 3.23. The number of methoxy groups -OCH3 is 1. The summed E-state index contributed by atoms with van der Waals surface area (Å²) in [6, 6.07) is 1.65. The van der Waals surface area contributed by atoms with E-state index in [1.807, 2.05) is 0 Å². The van der Waals surface area contributed by atoms with Crippen LogP contribution in [0.4, 0.5) is 5.69 Å². The van der Waals surface area contributed by atoms with Gasteiger partial charge < -0.3 is 15.2 Å². The Labute approximate surface area is 106 Å². The molecule has 2 unspecified atom stereocenters. The van der Waals surface area contributed by atoms with Crippen molar-refractivity contribution < 1.29 is 9.47 Å². The van der Waals surface area contributed by atoms with E-state index in [1.54, 1.807) is 19.4 Å². The van der Waals surface area contributed by atoms with Crippen LogP contribution < -0.4 is 10.5 Å². The minimum Gasteiger partial charge on any atom is -0.473 e. The van der Waals surface area contributed by atoms with E-state index < -0.39 is 0 Å². The summed E-state index contributed by atoms with van der Waals surface area (Å²) in [6.07, 6.45) is 6.07. The molecule has 0 aliphatic heterocycles. The van der Waals surface area contributed by atoms with E-state index in [0.717, 1.165) is 25.7 Å². The zero-order valence-electron chi connectivity index (χ0n) is 9.86. The second-order valence-electron chi connectivity index (χ2n) is 4.32. The number of nitrogens with zero attached hydrogens (tertiary/aromatic N) is 1. The first-order valence-corrected chi connectivity index (χ1v) is 6.17. The molecule has 0 spiro atoms. The minimum atomic E-state index is 0.127. The molecule has 94 valence electrons. The van der Waals surface area contributed by atoms with E-state index >= 15 is 0 Å². The van der Waals surface area contributed by atoms with Crippen LogP contribution in [0.15, 0.2) is 12.3 Å². The summed E-state index contributed by atoms with van der Waals surface area (Å²) in [5, 5.41) is 0.463. The molecule has 1 saturated carbocycles. The molecule has 0 amide bonds. The number of rotatable bonds is 3. The molecule has 1 aliphatic carbocycles. The molecule has 17 heavy (non-hydrogen) atoms. The Bertz CT molecular complexity index is 387. The molecule has 1 aromatic rings. The number of halogens is 1. The summed E-state index contributed by atoms with van der Waals surface area (Å²) >= 11 is 6.02. The van der Waals surface area contributed by atoms with E-state index in [2.05, 4.69) is 4.98 Å². The van der Waals surface area contributed by atoms with Crippen molar-refractivity contribution in [1.82, 2.24) is 4.98 Å². The van der Waals surface area contributed by atoms with Crippen LogP contribution >= 0.6 is 11.6 Å². The maximum atomic E-state index is 6.02. The lowest BCUT2D eigenvalue weighted by Gasteiger charge is -2.28. The van der Waals surface area contributed by atoms with Crippen LogP contribution in [0.5, 0.6) is 5.88 Å². The zero-order valence-corrected chi connectivity index (χ0v) is 10.6. The molecular weight excluding hydrogens is 240 g/mol. The Kier molecular flexibility index (Phi) is 4.07. The second kappa shape index (κ2) is 5.56. The summed E-state index contributed by atoms with van der Waals surface area (Å²) in [4.78, 5) is 4.10. The first-order valence-electron chi connectivity index (χ1n) is 5.79. The molecule has 0 saturated heterocycles. The van der Waals surface area contributed by atoms with Crippen molar-refractivity contribution in [1.29, 1.82) is 0 Å². The number of nitrogen functional groups attached to an aromatic ring is 1. The Hall–Kier alpha value is -1.00. The van der Waals surface area contributed by atoms with Crippen LogP contribution in [-0.2, 0) is 4.74 Å². The lowest BCUT2D eigenvalue weighted by molar-refractivity contribution is 0.0195. The highest BCUT2D eigenvalue weighted by Gasteiger charge is 2.24. The summed E-state index contributed by atoms with van der Waals surface area (Å²) < 4.78 is 11.1. The largest absolute Gasteiger partial charge is 0.473 e. The van der Waals surface area contributed by atoms with E-state index in [9.17, 15) is 0 Å². The van der Waals surface area contributed by atoms with Gasteiger partial charge in [0, 0.05) is 13.5 Å². The lowest BCUT2D eigenvalue weighted by atomic mass is 9.95. The van der Waals surface area contributed by atoms with Crippen LogP contribution in [0.1, 0.15) is 25.7 Å². The van der Waals surface area contributed by atoms with Gasteiger partial charge >= 0.3 is 0 Å². The van der Waals surface area contributed by atoms with Gasteiger partial charge in [-0.3, -0.25) is 0 Å². The van der Waals surface area contributed by atoms with Gasteiger partial charge in [0.05, 0.1) is 18.0 Å². The minimum absolute atomic E-state index is 0.127. The fraction of sp³-hybridized carbons (Fsp3) is 0.583. The number of hydrogen-bond donors (Lipinski definition) is 1. The van der Waals surface area contributed by atoms with Gasteiger partial charge in [0.2, 0.25) is 5.88 Å². The quantitative estimate of drug-likeness (QED) is 0.903. The number of hydrogen-bond acceptors (Lipinski definition) is 4. The maximum absolute atomic E-state index is 6.02. The van der Waals surface area contributed by atoms with Crippen molar-refractivity contribution in [3.63, 3.8) is 0 Å². The van der Waals surface area contributed by atoms with Crippen molar-refractivity contribution in [3.05, 3.63) is 17.3 Å². The number of ether oxygens (including phenoxy) is 2. The molecule has 2 rings (SSSR count). The maximum Gasteiger partial charge on any atom is 0.232 e. The standard InChI is InChI=1S/C12H17ClN2O2/c1-16-9-3-2-4-10(6-9)17-12-11(13)5-8(14)7-15-12/h5,7,9-10H,2-4,6,14H2,1H3. The van der Waals surface area contributed by atoms with Crippen molar-refractivity contribution in [2.45, 2.75) is 37.9 Å². The molecule has 0 aromatic carbocycles. The van der Waals surface area contributed by atoms with Crippen LogP contribution in [0.3, 0.4) is 0 Å². The summed E-state index contributed by atoms with van der Waals surface area (Å²) in [6.45, 7) is 0. The molecule has 4 nitrogen and oxygen atoms in total. The van der Waals surface area contributed by atoms with Crippen LogP contribution in [0, 0.1) is 0 Å². The Morgan fingerprint density at radius 3 is 2.88 bits per heavy atom. The molecule has 1 aromatic heterocycles. The van der Waals surface area contributed by atoms with E-state index in [-0.39, 0.29) is 12.2 Å². The number of nitrogens with two attached hydrogens (primary N) is 1. The van der Waals surface area contributed by atoms with Gasteiger partial charge in [0.25, 0.3) is 0 Å². The monoisotopic (exact) mass is 256 g/mol. The van der Waals surface area contributed by atoms with Gasteiger partial charge in [-0.1, -0.05) is 11.6 Å². The predicted molar refractivity (Wildman–Crippen MR) is 67.3 cm³/mol. The Morgan fingerprint density at radius 2 is 2.18 bits per heavy atom. The normalized spacial score (nSPS) is 24.6. The SMILES string of the molecule is COC1CCCC(Oc2ncc(N)cc2Cl)C1. The first kappa shape index (κ1) is 12.5. The van der Waals surface area contributed by atoms with Crippen molar-refractivity contribution in [2.24, 2.45) is 0 Å². The Morgan fingerprint density at radius 1 is 1.41 bits per heavy atom. The van der Waals surface area contributed by atoms with E-state index in [0.29, 0.717) is 16.6 Å². The molecule has 2 N–H and O–H groups in total. The summed E-state index contributed by atoms with van der Waals surface area (Å²) in [7, 11) is 1.74. The second-order valence-corrected chi connectivity index (χ2v) is 4.73. The fourth-order valence-electron chi connectivity index (χ4n) is 2.11. The van der Waals surface area contributed by atoms with Crippen molar-refractivity contribution in [3.8, 4) is 5.88 Å². The summed E-state index contributed by atoms with van der Waals surface area (Å²) in [5.41, 5.74) is 6.12. The highest BCUT2D eigenvalue weighted by Crippen LogP contribution is 2.29. The molecule has 5 heteroatoms. The average Bonchev–Trinajstić information content (AvgIpc) is 2.33. The predicted octanol–water partition coefficient (Wildman–Crippen LogP) is 2.65. The highest BCUT2D eigenvalue weighted by atomic mass is 35.5. The molecule has 2 atom stereocenters. The topological polar surface area (TPSA) is 57.4 Å². The number of pyridine rings is 1. The molecule has 0 bridgehead atoms. The molecule has 1 fully saturated rings. The van der Waals surface area contributed by atoms with Crippen LogP contribution in [-0.4, -0.2) is 24.3 Å². The number of anilines is 1. The van der Waals surface area contributed by atoms with Gasteiger partial charge in [0.1, 0.15) is 11.1 Å². The highest BCUT2D eigenvalue weighted by molar-refractivity contribution is 6.32. The molecule has 1 heterocycles. The average molecular weight is 257 g/mol. The first-order chi connectivity index (χ1) is 8.19. The van der Waals surface area contributed by atoms with Crippen molar-refractivity contribution >= 4 is 17.3 Å². The van der Waals surface area contributed by atoms with Gasteiger partial charge in [-0.15, -0.1) is 0 Å². The van der Waals surface area contributed by atoms with E-state index in [1.165, 1.54) is 0 Å². The zero-order chi connectivity index (χ0) is 12.3. The lowest BCUT2D eigenvalue weighted by Crippen LogP contribution is -2.29. The molecule has 1 aliphatic rings. The van der Waals surface area contributed by atoms with E-state index in [4.69, 9.17) is 26.8 Å². The van der Waals surface area contributed by atoms with Gasteiger partial charge in [-0.05, 0) is 25.3 Å². The van der Waals surface area contributed by atoms with Crippen LogP contribution in [0.25, 0.3) is 0 Å². The van der Waals surface area contributed by atoms with Gasteiger partial charge in [-0.25, -0.2) is 4.98 Å².